The Hall–Kier alpha value is -10.8. The number of benzene rings is 7. The van der Waals surface area contributed by atoms with Crippen molar-refractivity contribution in [3.63, 3.8) is 0 Å². The molecule has 4 aliphatic rings. The zero-order valence-electron chi connectivity index (χ0n) is 48.0. The molecular weight excluding hydrogens is 1210 g/mol. The molecule has 10 atom stereocenters. The van der Waals surface area contributed by atoms with Crippen LogP contribution in [0.2, 0.25) is 0 Å². The number of fused-ring (bicyclic) bond motifs is 2. The number of esters is 1. The molecule has 476 valence electrons. The maximum atomic E-state index is 14.2. The SMILES string of the molecule is COc1cc(C2=C(OC(=O)/C=C/c3ccc(O[C@@H]4O[C@H](CO)[C@@H](O)[C@H](O)[C@H]4O)cc3)c3cc(C=Cc4c(O)cc(O)c5c4OC(c4ccc(O)c(O)c4)C(O)C5c4c(O)cc(O)c5c4OC(c4ccc(O)c(O)c4)C(O)C5)cc4cc(O)[o+]c(c34)O2)cc(OC)c1O. The number of carbonyl (C=O) groups excluding carboxylic acids is 1. The molecule has 5 heterocycles. The Morgan fingerprint density at radius 3 is 1.88 bits per heavy atom. The molecule has 0 bridgehead atoms. The molecule has 0 radical (unpaired) electrons. The van der Waals surface area contributed by atoms with Crippen LogP contribution in [0.25, 0.3) is 40.5 Å². The summed E-state index contributed by atoms with van der Waals surface area (Å²) in [5.74, 6) is -9.90. The summed E-state index contributed by atoms with van der Waals surface area (Å²) in [5, 5.41) is 176. The van der Waals surface area contributed by atoms with Gasteiger partial charge >= 0.3 is 17.9 Å². The average molecular weight is 1270 g/mol. The Morgan fingerprint density at radius 1 is 0.609 bits per heavy atom. The second-order valence-electron chi connectivity index (χ2n) is 21.9. The van der Waals surface area contributed by atoms with Gasteiger partial charge in [0.15, 0.2) is 40.6 Å². The number of carbonyl (C=O) groups is 1. The van der Waals surface area contributed by atoms with Crippen LogP contribution in [-0.2, 0) is 20.7 Å². The monoisotopic (exact) mass is 1270 g/mol. The Kier molecular flexibility index (Phi) is 16.1. The van der Waals surface area contributed by atoms with Gasteiger partial charge in [-0.15, -0.1) is 0 Å². The van der Waals surface area contributed by atoms with Crippen molar-refractivity contribution >= 4 is 46.5 Å². The number of rotatable bonds is 14. The number of ether oxygens (including phenoxy) is 8. The van der Waals surface area contributed by atoms with Gasteiger partial charge in [0.2, 0.25) is 17.8 Å². The van der Waals surface area contributed by atoms with Crippen LogP contribution in [-0.4, -0.2) is 151 Å². The number of phenolic OH excluding ortho intramolecular Hbond substituents is 9. The van der Waals surface area contributed by atoms with Gasteiger partial charge in [-0.2, -0.15) is 0 Å². The molecule has 0 amide bonds. The summed E-state index contributed by atoms with van der Waals surface area (Å²) in [4.78, 5) is 14.2. The minimum atomic E-state index is -1.87. The molecule has 8 aromatic rings. The molecule has 0 aliphatic carbocycles. The topological polar surface area (TPSA) is 426 Å². The molecule has 26 nitrogen and oxygen atoms in total. The standard InChI is InChI=1S/C66H56O26/c1-84-45-19-31(20-46(85-2)54(45)79)61-64(88-48(77)14-6-26-3-9-32(10-4-26)86-66-58(83)57(82)55(80)47(25-67)87-66)35-16-27(15-30-21-49(78)89-65(92-61)50(30)35)5-11-33-38(70)23-42(74)51-53(56(81)60(91-62(33)51)29-8-13-37(69)41(73)18-29)52-43(75)24-39(71)34-22-44(76)59(90-63(34)52)28-7-12-36(68)40(72)17-28/h3-21,23-24,44,47,53,55-60,66-67,76,80-83H,22,25H2,1-2H3,(H9-,68,69,70,71,72,73,74,75,78,79)/p+1/b14-6+/t44?,47-,53?,55-,56?,57+,58-,59?,60?,66-/m1/s1. The Bertz CT molecular complexity index is 4320. The number of aliphatic hydroxyl groups is 6. The highest BCUT2D eigenvalue weighted by Gasteiger charge is 2.48. The smallest absolute Gasteiger partial charge is 0.460 e. The van der Waals surface area contributed by atoms with Crippen LogP contribution in [0.15, 0.2) is 114 Å². The lowest BCUT2D eigenvalue weighted by Crippen LogP contribution is -2.60. The van der Waals surface area contributed by atoms with E-state index in [-0.39, 0.29) is 113 Å². The molecule has 1 aromatic heterocycles. The highest BCUT2D eigenvalue weighted by atomic mass is 16.7. The number of phenols is 9. The van der Waals surface area contributed by atoms with Gasteiger partial charge in [0, 0.05) is 57.8 Å². The third kappa shape index (κ3) is 11.1. The zero-order valence-corrected chi connectivity index (χ0v) is 48.0. The van der Waals surface area contributed by atoms with Gasteiger partial charge in [-0.25, -0.2) is 4.79 Å². The minimum absolute atomic E-state index is 0.0278. The van der Waals surface area contributed by atoms with E-state index in [2.05, 4.69) is 0 Å². The molecule has 5 unspecified atom stereocenters. The fourth-order valence-corrected chi connectivity index (χ4v) is 11.6. The number of hydrogen-bond acceptors (Lipinski definition) is 25. The van der Waals surface area contributed by atoms with Crippen molar-refractivity contribution in [1.29, 1.82) is 0 Å². The van der Waals surface area contributed by atoms with Crippen LogP contribution in [0.3, 0.4) is 0 Å². The first-order chi connectivity index (χ1) is 44.0. The molecule has 92 heavy (non-hydrogen) atoms. The highest BCUT2D eigenvalue weighted by Crippen LogP contribution is 2.59. The quantitative estimate of drug-likeness (QED) is 0.0187. The van der Waals surface area contributed by atoms with Crippen LogP contribution in [0.4, 0.5) is 0 Å². The highest BCUT2D eigenvalue weighted by molar-refractivity contribution is 6.07. The Balaban J connectivity index is 0.962. The van der Waals surface area contributed by atoms with Crippen LogP contribution in [0, 0.1) is 0 Å². The maximum absolute atomic E-state index is 14.2. The van der Waals surface area contributed by atoms with E-state index in [0.717, 1.165) is 42.5 Å². The fourth-order valence-electron chi connectivity index (χ4n) is 11.6. The van der Waals surface area contributed by atoms with Gasteiger partial charge in [0.05, 0.1) is 44.5 Å². The molecule has 26 heteroatoms. The normalized spacial score (nSPS) is 22.5. The van der Waals surface area contributed by atoms with Crippen molar-refractivity contribution in [3.8, 4) is 92.4 Å². The first-order valence-corrected chi connectivity index (χ1v) is 28.1. The molecule has 12 rings (SSSR count). The van der Waals surface area contributed by atoms with E-state index < -0.39 is 131 Å². The third-order valence-corrected chi connectivity index (χ3v) is 16.2. The van der Waals surface area contributed by atoms with E-state index in [4.69, 9.17) is 42.3 Å². The lowest BCUT2D eigenvalue weighted by molar-refractivity contribution is -0.277. The van der Waals surface area contributed by atoms with E-state index in [1.165, 1.54) is 93.1 Å². The fraction of sp³-hybridized carbons (Fsp3) is 0.212. The Morgan fingerprint density at radius 2 is 1.24 bits per heavy atom. The van der Waals surface area contributed by atoms with Crippen LogP contribution in [0.5, 0.6) is 92.4 Å². The van der Waals surface area contributed by atoms with Crippen LogP contribution in [0.1, 0.15) is 73.8 Å². The average Bonchev–Trinajstić information content (AvgIpc) is 0.731. The summed E-state index contributed by atoms with van der Waals surface area (Å²) in [6.07, 6.45) is -8.94. The lowest BCUT2D eigenvalue weighted by Gasteiger charge is -2.40. The summed E-state index contributed by atoms with van der Waals surface area (Å²) < 4.78 is 53.2. The van der Waals surface area contributed by atoms with E-state index >= 15 is 0 Å². The second-order valence-corrected chi connectivity index (χ2v) is 21.9. The van der Waals surface area contributed by atoms with Crippen molar-refractivity contribution in [3.05, 3.63) is 165 Å². The molecule has 0 saturated carbocycles. The summed E-state index contributed by atoms with van der Waals surface area (Å²) in [6, 6.07) is 22.0. The van der Waals surface area contributed by atoms with Gasteiger partial charge in [0.25, 0.3) is 5.76 Å². The summed E-state index contributed by atoms with van der Waals surface area (Å²) in [7, 11) is 2.55. The van der Waals surface area contributed by atoms with Crippen molar-refractivity contribution in [2.75, 3.05) is 20.8 Å². The van der Waals surface area contributed by atoms with Gasteiger partial charge in [-0.05, 0) is 95.1 Å². The van der Waals surface area contributed by atoms with Gasteiger partial charge < -0.3 is 120 Å². The van der Waals surface area contributed by atoms with Crippen molar-refractivity contribution in [2.24, 2.45) is 0 Å². The number of aliphatic hydroxyl groups excluding tert-OH is 6. The first kappa shape index (κ1) is 61.4. The summed E-state index contributed by atoms with van der Waals surface area (Å²) in [5.41, 5.74) is 0.242. The van der Waals surface area contributed by atoms with Gasteiger partial charge in [-0.1, -0.05) is 30.3 Å². The molecule has 1 saturated heterocycles. The predicted octanol–water partition coefficient (Wildman–Crippen LogP) is 6.27. The maximum Gasteiger partial charge on any atom is 0.460 e. The van der Waals surface area contributed by atoms with Crippen molar-refractivity contribution in [1.82, 2.24) is 0 Å². The molecular formula is C66H57O26+. The largest absolute Gasteiger partial charge is 0.507 e. The number of methoxy groups -OCH3 is 2. The van der Waals surface area contributed by atoms with Crippen LogP contribution >= 0.6 is 0 Å². The summed E-state index contributed by atoms with van der Waals surface area (Å²) >= 11 is 0. The molecule has 0 spiro atoms. The number of aromatic hydroxyl groups is 10. The van der Waals surface area contributed by atoms with Crippen LogP contribution < -0.4 is 28.4 Å². The lowest BCUT2D eigenvalue weighted by atomic mass is 9.76. The van der Waals surface area contributed by atoms with E-state index in [1.54, 1.807) is 6.07 Å². The third-order valence-electron chi connectivity index (χ3n) is 16.2. The Labute approximate surface area is 519 Å². The van der Waals surface area contributed by atoms with E-state index in [1.807, 2.05) is 0 Å². The number of hydrogen-bond donors (Lipinski definition) is 16. The molecule has 7 aromatic carbocycles. The van der Waals surface area contributed by atoms with Crippen molar-refractivity contribution < 1.29 is 129 Å². The predicted molar refractivity (Wildman–Crippen MR) is 319 cm³/mol. The molecule has 1 fully saturated rings. The second kappa shape index (κ2) is 24.2. The van der Waals surface area contributed by atoms with E-state index in [9.17, 15) is 86.5 Å². The first-order valence-electron chi connectivity index (χ1n) is 28.1. The minimum Gasteiger partial charge on any atom is -0.507 e. The molecule has 4 aliphatic heterocycles. The van der Waals surface area contributed by atoms with Gasteiger partial charge in [-0.3, -0.25) is 4.42 Å². The van der Waals surface area contributed by atoms with Gasteiger partial charge in [0.1, 0.15) is 82.3 Å². The zero-order chi connectivity index (χ0) is 65.3. The molecule has 16 N–H and O–H groups in total. The van der Waals surface area contributed by atoms with Crippen molar-refractivity contribution in [2.45, 2.75) is 67.5 Å². The van der Waals surface area contributed by atoms with E-state index in [0.29, 0.717) is 5.56 Å². The summed E-state index contributed by atoms with van der Waals surface area (Å²) in [6.45, 7) is -0.671.